The van der Waals surface area contributed by atoms with Crippen LogP contribution >= 0.6 is 0 Å². The maximum atomic E-state index is 12.7. The Morgan fingerprint density at radius 1 is 1.24 bits per heavy atom. The third-order valence-electron chi connectivity index (χ3n) is 5.64. The van der Waals surface area contributed by atoms with Crippen LogP contribution in [-0.4, -0.2) is 65.5 Å². The molecule has 3 aliphatic rings. The largest absolute Gasteiger partial charge is 0.377 e. The SMILES string of the molecule is CCOC1CCCN(C(=O)CCN2C(=O)NC3(CCCCC3)C2=O)C1. The lowest BCUT2D eigenvalue weighted by Crippen LogP contribution is -2.48. The Balaban J connectivity index is 1.53. The van der Waals surface area contributed by atoms with Crippen molar-refractivity contribution in [1.29, 1.82) is 0 Å². The molecule has 2 heterocycles. The normalized spacial score (nSPS) is 26.2. The van der Waals surface area contributed by atoms with E-state index in [0.717, 1.165) is 38.6 Å². The van der Waals surface area contributed by atoms with E-state index < -0.39 is 5.54 Å². The van der Waals surface area contributed by atoms with Gasteiger partial charge in [0.2, 0.25) is 5.91 Å². The number of likely N-dealkylation sites (tertiary alicyclic amines) is 1. The highest BCUT2D eigenvalue weighted by Crippen LogP contribution is 2.33. The summed E-state index contributed by atoms with van der Waals surface area (Å²) in [4.78, 5) is 40.5. The first kappa shape index (κ1) is 18.2. The van der Waals surface area contributed by atoms with E-state index in [9.17, 15) is 14.4 Å². The molecule has 3 fully saturated rings. The van der Waals surface area contributed by atoms with Gasteiger partial charge in [0, 0.05) is 32.7 Å². The minimum atomic E-state index is -0.705. The molecule has 4 amide bonds. The third-order valence-corrected chi connectivity index (χ3v) is 5.64. The van der Waals surface area contributed by atoms with Gasteiger partial charge in [-0.1, -0.05) is 19.3 Å². The van der Waals surface area contributed by atoms with Gasteiger partial charge in [0.05, 0.1) is 6.10 Å². The van der Waals surface area contributed by atoms with Crippen molar-refractivity contribution in [3.8, 4) is 0 Å². The summed E-state index contributed by atoms with van der Waals surface area (Å²) < 4.78 is 5.63. The average Bonchev–Trinajstić information content (AvgIpc) is 2.84. The van der Waals surface area contributed by atoms with E-state index in [1.165, 1.54) is 4.90 Å². The van der Waals surface area contributed by atoms with Crippen LogP contribution in [0.4, 0.5) is 4.79 Å². The van der Waals surface area contributed by atoms with Crippen molar-refractivity contribution in [2.24, 2.45) is 0 Å². The topological polar surface area (TPSA) is 79.0 Å². The number of nitrogens with zero attached hydrogens (tertiary/aromatic N) is 2. The lowest BCUT2D eigenvalue weighted by atomic mass is 9.82. The summed E-state index contributed by atoms with van der Waals surface area (Å²) in [5.41, 5.74) is -0.705. The third kappa shape index (κ3) is 3.81. The summed E-state index contributed by atoms with van der Waals surface area (Å²) in [6.07, 6.45) is 6.67. The second kappa shape index (κ2) is 7.72. The van der Waals surface area contributed by atoms with E-state index in [1.54, 1.807) is 4.90 Å². The molecule has 1 atom stereocenters. The molecule has 140 valence electrons. The Labute approximate surface area is 149 Å². The second-order valence-electron chi connectivity index (χ2n) is 7.34. The van der Waals surface area contributed by atoms with E-state index in [2.05, 4.69) is 5.32 Å². The van der Waals surface area contributed by atoms with Gasteiger partial charge in [-0.2, -0.15) is 0 Å². The van der Waals surface area contributed by atoms with Gasteiger partial charge >= 0.3 is 6.03 Å². The number of ether oxygens (including phenoxy) is 1. The lowest BCUT2D eigenvalue weighted by molar-refractivity contribution is -0.136. The summed E-state index contributed by atoms with van der Waals surface area (Å²) in [5, 5.41) is 2.89. The van der Waals surface area contributed by atoms with Crippen LogP contribution < -0.4 is 5.32 Å². The number of hydrogen-bond donors (Lipinski definition) is 1. The Hall–Kier alpha value is -1.63. The van der Waals surface area contributed by atoms with E-state index >= 15 is 0 Å². The monoisotopic (exact) mass is 351 g/mol. The van der Waals surface area contributed by atoms with E-state index in [1.807, 2.05) is 6.92 Å². The molecule has 1 unspecified atom stereocenters. The first-order valence-corrected chi connectivity index (χ1v) is 9.59. The molecule has 2 saturated heterocycles. The zero-order chi connectivity index (χ0) is 17.9. The summed E-state index contributed by atoms with van der Waals surface area (Å²) >= 11 is 0. The molecule has 1 spiro atoms. The van der Waals surface area contributed by atoms with Crippen LogP contribution in [0.25, 0.3) is 0 Å². The number of rotatable bonds is 5. The molecule has 7 heteroatoms. The summed E-state index contributed by atoms with van der Waals surface area (Å²) in [5.74, 6) is -0.148. The van der Waals surface area contributed by atoms with Gasteiger partial charge in [0.25, 0.3) is 5.91 Å². The maximum Gasteiger partial charge on any atom is 0.325 e. The molecule has 3 rings (SSSR count). The van der Waals surface area contributed by atoms with Gasteiger partial charge < -0.3 is 15.0 Å². The first-order chi connectivity index (χ1) is 12.1. The molecule has 1 aliphatic carbocycles. The van der Waals surface area contributed by atoms with Gasteiger partial charge in [0.1, 0.15) is 5.54 Å². The number of amides is 4. The van der Waals surface area contributed by atoms with Crippen molar-refractivity contribution in [1.82, 2.24) is 15.1 Å². The van der Waals surface area contributed by atoms with Gasteiger partial charge in [-0.15, -0.1) is 0 Å². The Morgan fingerprint density at radius 3 is 2.72 bits per heavy atom. The molecule has 0 bridgehead atoms. The molecule has 0 aromatic carbocycles. The number of carbonyl (C=O) groups is 3. The van der Waals surface area contributed by atoms with Crippen molar-refractivity contribution in [3.05, 3.63) is 0 Å². The molecule has 0 aromatic rings. The Bertz CT molecular complexity index is 528. The van der Waals surface area contributed by atoms with Crippen molar-refractivity contribution < 1.29 is 19.1 Å². The quantitative estimate of drug-likeness (QED) is 0.764. The lowest BCUT2D eigenvalue weighted by Gasteiger charge is -2.33. The predicted molar refractivity (Wildman–Crippen MR) is 91.9 cm³/mol. The Morgan fingerprint density at radius 2 is 2.00 bits per heavy atom. The van der Waals surface area contributed by atoms with Crippen molar-refractivity contribution >= 4 is 17.8 Å². The number of imide groups is 1. The second-order valence-corrected chi connectivity index (χ2v) is 7.34. The molecule has 25 heavy (non-hydrogen) atoms. The minimum Gasteiger partial charge on any atom is -0.377 e. The number of nitrogens with one attached hydrogen (secondary N) is 1. The van der Waals surface area contributed by atoms with Crippen LogP contribution in [0.2, 0.25) is 0 Å². The Kier molecular flexibility index (Phi) is 5.61. The smallest absolute Gasteiger partial charge is 0.325 e. The standard InChI is InChI=1S/C18H29N3O4/c1-2-25-14-7-6-11-20(13-14)15(22)8-12-21-16(23)18(19-17(21)24)9-4-3-5-10-18/h14H,2-13H2,1H3,(H,19,24). The highest BCUT2D eigenvalue weighted by atomic mass is 16.5. The number of piperidine rings is 1. The molecule has 0 radical (unpaired) electrons. The predicted octanol–water partition coefficient (Wildman–Crippen LogP) is 1.66. The number of urea groups is 1. The van der Waals surface area contributed by atoms with Crippen molar-refractivity contribution in [2.75, 3.05) is 26.2 Å². The highest BCUT2D eigenvalue weighted by Gasteiger charge is 2.51. The van der Waals surface area contributed by atoms with Gasteiger partial charge in [0.15, 0.2) is 0 Å². The molecule has 7 nitrogen and oxygen atoms in total. The van der Waals surface area contributed by atoms with Crippen LogP contribution in [0.3, 0.4) is 0 Å². The van der Waals surface area contributed by atoms with Crippen LogP contribution in [0.15, 0.2) is 0 Å². The van der Waals surface area contributed by atoms with Gasteiger partial charge in [-0.3, -0.25) is 14.5 Å². The van der Waals surface area contributed by atoms with E-state index in [0.29, 0.717) is 26.0 Å². The van der Waals surface area contributed by atoms with Crippen LogP contribution in [-0.2, 0) is 14.3 Å². The first-order valence-electron chi connectivity index (χ1n) is 9.59. The zero-order valence-electron chi connectivity index (χ0n) is 15.1. The molecule has 1 saturated carbocycles. The van der Waals surface area contributed by atoms with Crippen molar-refractivity contribution in [3.63, 3.8) is 0 Å². The van der Waals surface area contributed by atoms with E-state index in [-0.39, 0.29) is 36.9 Å². The summed E-state index contributed by atoms with van der Waals surface area (Å²) in [6, 6.07) is -0.342. The molecule has 1 N–H and O–H groups in total. The van der Waals surface area contributed by atoms with Gasteiger partial charge in [-0.05, 0) is 32.6 Å². The van der Waals surface area contributed by atoms with Crippen LogP contribution in [0.1, 0.15) is 58.3 Å². The van der Waals surface area contributed by atoms with E-state index in [4.69, 9.17) is 4.74 Å². The highest BCUT2D eigenvalue weighted by molar-refractivity contribution is 6.07. The fraction of sp³-hybridized carbons (Fsp3) is 0.833. The fourth-order valence-corrected chi connectivity index (χ4v) is 4.28. The molecule has 2 aliphatic heterocycles. The zero-order valence-corrected chi connectivity index (χ0v) is 15.1. The van der Waals surface area contributed by atoms with Crippen LogP contribution in [0, 0.1) is 0 Å². The number of hydrogen-bond acceptors (Lipinski definition) is 4. The molecule has 0 aromatic heterocycles. The van der Waals surface area contributed by atoms with Crippen LogP contribution in [0.5, 0.6) is 0 Å². The molecular formula is C18H29N3O4. The summed E-state index contributed by atoms with van der Waals surface area (Å²) in [7, 11) is 0. The molecular weight excluding hydrogens is 322 g/mol. The minimum absolute atomic E-state index is 0.00500. The van der Waals surface area contributed by atoms with Crippen molar-refractivity contribution in [2.45, 2.75) is 69.9 Å². The summed E-state index contributed by atoms with van der Waals surface area (Å²) in [6.45, 7) is 4.11. The fourth-order valence-electron chi connectivity index (χ4n) is 4.28. The maximum absolute atomic E-state index is 12.7. The van der Waals surface area contributed by atoms with Gasteiger partial charge in [-0.25, -0.2) is 4.79 Å². The number of carbonyl (C=O) groups excluding carboxylic acids is 3. The average molecular weight is 351 g/mol.